The molecule has 5 nitrogen and oxygen atoms in total. The van der Waals surface area contributed by atoms with Crippen LogP contribution in [-0.4, -0.2) is 36.9 Å². The second-order valence-corrected chi connectivity index (χ2v) is 8.91. The highest BCUT2D eigenvalue weighted by atomic mass is 32.1. The average molecular weight is 470 g/mol. The molecule has 0 aliphatic heterocycles. The summed E-state index contributed by atoms with van der Waals surface area (Å²) in [6.07, 6.45) is 3.67. The minimum Gasteiger partial charge on any atom is -0.484 e. The summed E-state index contributed by atoms with van der Waals surface area (Å²) in [5.41, 5.74) is 2.95. The Morgan fingerprint density at radius 2 is 1.97 bits per heavy atom. The van der Waals surface area contributed by atoms with Crippen LogP contribution < -0.4 is 9.64 Å². The molecule has 0 spiro atoms. The maximum absolute atomic E-state index is 13.0. The fourth-order valence-corrected chi connectivity index (χ4v) is 3.87. The number of methoxy groups -OCH3 is 1. The largest absolute Gasteiger partial charge is 0.484 e. The van der Waals surface area contributed by atoms with E-state index in [4.69, 9.17) is 9.72 Å². The van der Waals surface area contributed by atoms with E-state index in [0.29, 0.717) is 19.0 Å². The van der Waals surface area contributed by atoms with Gasteiger partial charge in [-0.25, -0.2) is 9.98 Å². The highest BCUT2D eigenvalue weighted by molar-refractivity contribution is 7.17. The first-order valence-corrected chi connectivity index (χ1v) is 11.4. The van der Waals surface area contributed by atoms with Gasteiger partial charge in [0.05, 0.1) is 25.0 Å². The Morgan fingerprint density at radius 3 is 2.48 bits per heavy atom. The van der Waals surface area contributed by atoms with E-state index in [-0.39, 0.29) is 5.75 Å². The minimum atomic E-state index is -3.28. The van der Waals surface area contributed by atoms with Crippen molar-refractivity contribution in [1.82, 2.24) is 4.98 Å². The van der Waals surface area contributed by atoms with Gasteiger partial charge in [0.1, 0.15) is 5.75 Å². The van der Waals surface area contributed by atoms with Crippen LogP contribution in [-0.2, 0) is 11.2 Å². The molecule has 1 heterocycles. The molecule has 2 aromatic rings. The molecule has 0 N–H and O–H groups in total. The number of aryl methyl sites for hydroxylation is 2. The fraction of sp³-hybridized carbons (Fsp3) is 0.455. The summed E-state index contributed by atoms with van der Waals surface area (Å²) in [4.78, 5) is 12.7. The number of hydrogen-bond acceptors (Lipinski definition) is 6. The van der Waals surface area contributed by atoms with Crippen molar-refractivity contribution in [2.75, 3.05) is 25.1 Å². The maximum Gasteiger partial charge on any atom is 0.408 e. The van der Waals surface area contributed by atoms with Crippen molar-refractivity contribution in [1.29, 1.82) is 0 Å². The Bertz CT molecular complexity index is 889. The average Bonchev–Trinajstić information content (AvgIpc) is 3.03. The number of thiazole rings is 1. The van der Waals surface area contributed by atoms with Crippen molar-refractivity contribution in [3.63, 3.8) is 0 Å². The molecule has 0 saturated heterocycles. The van der Waals surface area contributed by atoms with Crippen molar-refractivity contribution in [3.05, 3.63) is 52.2 Å². The van der Waals surface area contributed by atoms with E-state index < -0.39 is 5.85 Å². The number of nitrogens with zero attached hydrogens (tertiary/aromatic N) is 3. The number of anilines is 1. The van der Waals surface area contributed by atoms with Crippen molar-refractivity contribution < 1.29 is 18.3 Å². The molecule has 0 saturated carbocycles. The van der Waals surface area contributed by atoms with Crippen molar-refractivity contribution >= 4 is 31.6 Å². The fourth-order valence-electron chi connectivity index (χ4n) is 2.80. The number of halogens is 2. The number of rotatable bonds is 10. The summed E-state index contributed by atoms with van der Waals surface area (Å²) in [5.74, 6) is -2.54. The summed E-state index contributed by atoms with van der Waals surface area (Å²) in [6.45, 7) is 9.26. The lowest BCUT2D eigenvalue weighted by Gasteiger charge is -2.22. The summed E-state index contributed by atoms with van der Waals surface area (Å²) in [5, 5.41) is 0.935. The molecule has 0 radical (unpaired) electrons. The molecule has 31 heavy (non-hydrogen) atoms. The van der Waals surface area contributed by atoms with E-state index in [1.165, 1.54) is 14.1 Å². The van der Waals surface area contributed by atoms with Gasteiger partial charge in [0.2, 0.25) is 0 Å². The number of allylic oxidation sites excluding steroid dienone is 1. The molecule has 2 rings (SSSR count). The first-order chi connectivity index (χ1) is 14.6. The van der Waals surface area contributed by atoms with Crippen molar-refractivity contribution in [2.24, 2.45) is 4.99 Å². The number of alkyl halides is 2. The molecule has 0 aliphatic rings. The molecule has 9 heteroatoms. The van der Waals surface area contributed by atoms with Crippen LogP contribution in [0.15, 0.2) is 41.0 Å². The van der Waals surface area contributed by atoms with Gasteiger partial charge in [-0.1, -0.05) is 25.1 Å². The smallest absolute Gasteiger partial charge is 0.408 e. The van der Waals surface area contributed by atoms with Crippen molar-refractivity contribution in [2.45, 2.75) is 46.4 Å². The second-order valence-electron chi connectivity index (χ2n) is 7.06. The van der Waals surface area contributed by atoms with Gasteiger partial charge in [-0.15, -0.1) is 11.3 Å². The third-order valence-electron chi connectivity index (χ3n) is 4.52. The SMILES string of the molecule is CC/C=C(/CN(CCc1ccc(OC(F)(F)P)cc1)c1nc(C)c(C)s1)N=C(C)OC. The van der Waals surface area contributed by atoms with Crippen molar-refractivity contribution in [3.8, 4) is 5.75 Å². The molecule has 170 valence electrons. The van der Waals surface area contributed by atoms with Gasteiger partial charge in [0, 0.05) is 18.3 Å². The third-order valence-corrected chi connectivity index (χ3v) is 5.78. The van der Waals surface area contributed by atoms with Crippen LogP contribution in [0.5, 0.6) is 5.75 Å². The van der Waals surface area contributed by atoms with Crippen LogP contribution in [0.25, 0.3) is 0 Å². The summed E-state index contributed by atoms with van der Waals surface area (Å²) in [6, 6.07) is 6.73. The second kappa shape index (κ2) is 11.5. The van der Waals surface area contributed by atoms with Gasteiger partial charge in [-0.05, 0) is 53.6 Å². The Hall–Kier alpha value is -2.05. The van der Waals surface area contributed by atoms with Gasteiger partial charge >= 0.3 is 5.85 Å². The summed E-state index contributed by atoms with van der Waals surface area (Å²) < 4.78 is 35.8. The molecule has 1 aromatic heterocycles. The molecule has 0 fully saturated rings. The lowest BCUT2D eigenvalue weighted by atomic mass is 10.1. The topological polar surface area (TPSA) is 47.0 Å². The molecule has 0 amide bonds. The van der Waals surface area contributed by atoms with Crippen LogP contribution >= 0.6 is 20.6 Å². The van der Waals surface area contributed by atoms with Gasteiger partial charge < -0.3 is 14.4 Å². The molecular formula is C22H30F2N3O2PS. The van der Waals surface area contributed by atoms with Crippen LogP contribution in [0.3, 0.4) is 0 Å². The Balaban J connectivity index is 2.18. The molecule has 1 unspecified atom stereocenters. The number of aliphatic imine (C=N–C) groups is 1. The standard InChI is InChI=1S/C22H30F2N3O2PS/c1-6-7-19(26-17(4)28-5)14-27(21-25-15(2)16(3)31-21)13-12-18-8-10-20(11-9-18)29-22(23,24)30/h7-11H,6,12-14,30H2,1-5H3/b19-7-,26-17?. The number of aromatic nitrogens is 1. The van der Waals surface area contributed by atoms with E-state index in [0.717, 1.165) is 34.9 Å². The highest BCUT2D eigenvalue weighted by Gasteiger charge is 2.23. The zero-order chi connectivity index (χ0) is 23.0. The molecular weight excluding hydrogens is 439 g/mol. The first-order valence-electron chi connectivity index (χ1n) is 10.0. The van der Waals surface area contributed by atoms with E-state index in [1.54, 1.807) is 42.7 Å². The molecule has 0 bridgehead atoms. The number of hydrogen-bond donors (Lipinski definition) is 0. The zero-order valence-corrected chi connectivity index (χ0v) is 20.6. The number of ether oxygens (including phenoxy) is 2. The molecule has 1 aromatic carbocycles. The van der Waals surface area contributed by atoms with Gasteiger partial charge in [0.25, 0.3) is 0 Å². The van der Waals surface area contributed by atoms with Crippen LogP contribution in [0.2, 0.25) is 0 Å². The number of benzene rings is 1. The van der Waals surface area contributed by atoms with E-state index >= 15 is 0 Å². The normalized spacial score (nSPS) is 12.8. The monoisotopic (exact) mass is 469 g/mol. The Kier molecular flexibility index (Phi) is 9.38. The van der Waals surface area contributed by atoms with E-state index in [1.807, 2.05) is 13.8 Å². The van der Waals surface area contributed by atoms with Crippen LogP contribution in [0, 0.1) is 13.8 Å². The van der Waals surface area contributed by atoms with E-state index in [2.05, 4.69) is 34.6 Å². The predicted molar refractivity (Wildman–Crippen MR) is 128 cm³/mol. The van der Waals surface area contributed by atoms with Crippen LogP contribution in [0.4, 0.5) is 13.9 Å². The zero-order valence-electron chi connectivity index (χ0n) is 18.6. The Morgan fingerprint density at radius 1 is 1.29 bits per heavy atom. The molecule has 1 atom stereocenters. The summed E-state index contributed by atoms with van der Waals surface area (Å²) in [7, 11) is 2.98. The predicted octanol–water partition coefficient (Wildman–Crippen LogP) is 5.97. The van der Waals surface area contributed by atoms with E-state index in [9.17, 15) is 8.78 Å². The highest BCUT2D eigenvalue weighted by Crippen LogP contribution is 2.28. The third kappa shape index (κ3) is 8.54. The van der Waals surface area contributed by atoms with Gasteiger partial charge in [0.15, 0.2) is 11.0 Å². The van der Waals surface area contributed by atoms with Crippen LogP contribution in [0.1, 0.15) is 36.4 Å². The first kappa shape index (κ1) is 25.2. The Labute approximate surface area is 189 Å². The minimum absolute atomic E-state index is 0.129. The summed E-state index contributed by atoms with van der Waals surface area (Å²) >= 11 is 1.65. The quantitative estimate of drug-likeness (QED) is 0.244. The lowest BCUT2D eigenvalue weighted by molar-refractivity contribution is -0.0892. The molecule has 0 aliphatic carbocycles. The lowest BCUT2D eigenvalue weighted by Crippen LogP contribution is -2.28. The van der Waals surface area contributed by atoms with Gasteiger partial charge in [-0.3, -0.25) is 0 Å². The van der Waals surface area contributed by atoms with Gasteiger partial charge in [-0.2, -0.15) is 8.78 Å². The maximum atomic E-state index is 13.0.